The molecule has 2 rings (SSSR count). The molecule has 0 aliphatic carbocycles. The fourth-order valence-electron chi connectivity index (χ4n) is 1.95. The van der Waals surface area contributed by atoms with E-state index in [4.69, 9.17) is 0 Å². The molecular weight excluding hydrogens is 387 g/mol. The van der Waals surface area contributed by atoms with E-state index < -0.39 is 0 Å². The molecule has 1 unspecified atom stereocenters. The van der Waals surface area contributed by atoms with Gasteiger partial charge in [0, 0.05) is 15.1 Å². The molecule has 0 fully saturated rings. The highest BCUT2D eigenvalue weighted by Crippen LogP contribution is 2.29. The van der Waals surface area contributed by atoms with Crippen molar-refractivity contribution in [3.8, 4) is 0 Å². The Kier molecular flexibility index (Phi) is 5.69. The molecule has 0 radical (unpaired) electrons. The molecule has 1 heterocycles. The predicted molar refractivity (Wildman–Crippen MR) is 86.2 cm³/mol. The summed E-state index contributed by atoms with van der Waals surface area (Å²) in [6.07, 6.45) is 2.79. The molecule has 5 heteroatoms. The second-order valence-electron chi connectivity index (χ2n) is 4.46. The largest absolute Gasteiger partial charge is 0.305 e. The van der Waals surface area contributed by atoms with Gasteiger partial charge in [-0.2, -0.15) is 0 Å². The fourth-order valence-corrected chi connectivity index (χ4v) is 3.17. The molecule has 20 heavy (non-hydrogen) atoms. The minimum atomic E-state index is -0.231. The number of aromatic nitrogens is 1. The molecule has 0 bridgehead atoms. The average molecular weight is 402 g/mol. The molecule has 0 spiro atoms. The van der Waals surface area contributed by atoms with Crippen LogP contribution in [0.25, 0.3) is 0 Å². The van der Waals surface area contributed by atoms with Gasteiger partial charge in [0.1, 0.15) is 5.82 Å². The maximum atomic E-state index is 13.1. The zero-order chi connectivity index (χ0) is 14.5. The molecule has 1 aromatic heterocycles. The van der Waals surface area contributed by atoms with Crippen LogP contribution >= 0.6 is 31.9 Å². The quantitative estimate of drug-likeness (QED) is 0.775. The van der Waals surface area contributed by atoms with Crippen molar-refractivity contribution in [1.29, 1.82) is 0 Å². The molecule has 1 atom stereocenters. The van der Waals surface area contributed by atoms with Gasteiger partial charge in [-0.3, -0.25) is 4.98 Å². The van der Waals surface area contributed by atoms with Gasteiger partial charge in [0.15, 0.2) is 0 Å². The van der Waals surface area contributed by atoms with Gasteiger partial charge in [0.2, 0.25) is 0 Å². The third-order valence-electron chi connectivity index (χ3n) is 2.91. The van der Waals surface area contributed by atoms with Gasteiger partial charge >= 0.3 is 0 Å². The summed E-state index contributed by atoms with van der Waals surface area (Å²) >= 11 is 6.95. The van der Waals surface area contributed by atoms with E-state index in [1.807, 2.05) is 6.07 Å². The van der Waals surface area contributed by atoms with Gasteiger partial charge in [0.25, 0.3) is 0 Å². The van der Waals surface area contributed by atoms with Crippen LogP contribution in [0.15, 0.2) is 45.5 Å². The van der Waals surface area contributed by atoms with Crippen LogP contribution in [-0.2, 0) is 0 Å². The number of hydrogen-bond acceptors (Lipinski definition) is 2. The standard InChI is InChI=1S/C15H15Br2FN2/c1-2-7-19-14(10-3-5-12(18)6-4-10)15-13(17)8-11(16)9-20-15/h3-6,8-9,14,19H,2,7H2,1H3. The summed E-state index contributed by atoms with van der Waals surface area (Å²) in [4.78, 5) is 4.48. The lowest BCUT2D eigenvalue weighted by Gasteiger charge is -2.20. The topological polar surface area (TPSA) is 24.9 Å². The molecule has 106 valence electrons. The summed E-state index contributed by atoms with van der Waals surface area (Å²) < 4.78 is 14.9. The number of halogens is 3. The van der Waals surface area contributed by atoms with Crippen LogP contribution in [0.5, 0.6) is 0 Å². The highest BCUT2D eigenvalue weighted by Gasteiger charge is 2.18. The zero-order valence-corrected chi connectivity index (χ0v) is 14.2. The Morgan fingerprint density at radius 3 is 2.55 bits per heavy atom. The number of nitrogens with one attached hydrogen (secondary N) is 1. The maximum absolute atomic E-state index is 13.1. The molecule has 1 aromatic carbocycles. The molecule has 0 saturated heterocycles. The van der Waals surface area contributed by atoms with Crippen molar-refractivity contribution in [2.45, 2.75) is 19.4 Å². The second-order valence-corrected chi connectivity index (χ2v) is 6.23. The van der Waals surface area contributed by atoms with E-state index in [1.165, 1.54) is 12.1 Å². The van der Waals surface area contributed by atoms with Crippen molar-refractivity contribution in [3.63, 3.8) is 0 Å². The lowest BCUT2D eigenvalue weighted by Crippen LogP contribution is -2.24. The molecule has 0 aliphatic heterocycles. The Bertz CT molecular complexity index is 573. The Labute approximate surface area is 135 Å². The van der Waals surface area contributed by atoms with E-state index in [9.17, 15) is 4.39 Å². The first-order valence-corrected chi connectivity index (χ1v) is 8.00. The average Bonchev–Trinajstić information content (AvgIpc) is 2.42. The van der Waals surface area contributed by atoms with Crippen molar-refractivity contribution >= 4 is 31.9 Å². The third kappa shape index (κ3) is 3.87. The third-order valence-corrected chi connectivity index (χ3v) is 3.98. The van der Waals surface area contributed by atoms with Crippen molar-refractivity contribution in [3.05, 3.63) is 62.5 Å². The van der Waals surface area contributed by atoms with E-state index in [-0.39, 0.29) is 11.9 Å². The number of hydrogen-bond donors (Lipinski definition) is 1. The smallest absolute Gasteiger partial charge is 0.123 e. The molecule has 2 nitrogen and oxygen atoms in total. The minimum Gasteiger partial charge on any atom is -0.305 e. The van der Waals surface area contributed by atoms with Crippen molar-refractivity contribution in [2.24, 2.45) is 0 Å². The minimum absolute atomic E-state index is 0.0574. The molecule has 1 N–H and O–H groups in total. The summed E-state index contributed by atoms with van der Waals surface area (Å²) in [5, 5.41) is 3.45. The van der Waals surface area contributed by atoms with Crippen molar-refractivity contribution < 1.29 is 4.39 Å². The predicted octanol–water partition coefficient (Wildman–Crippen LogP) is 4.83. The van der Waals surface area contributed by atoms with Crippen LogP contribution in [0.3, 0.4) is 0 Å². The maximum Gasteiger partial charge on any atom is 0.123 e. The normalized spacial score (nSPS) is 12.4. The van der Waals surface area contributed by atoms with E-state index in [0.29, 0.717) is 0 Å². The van der Waals surface area contributed by atoms with Gasteiger partial charge in [-0.25, -0.2) is 4.39 Å². The van der Waals surface area contributed by atoms with E-state index in [2.05, 4.69) is 49.1 Å². The van der Waals surface area contributed by atoms with Crippen LogP contribution in [0.4, 0.5) is 4.39 Å². The monoisotopic (exact) mass is 400 g/mol. The van der Waals surface area contributed by atoms with Crippen LogP contribution in [0.2, 0.25) is 0 Å². The van der Waals surface area contributed by atoms with Gasteiger partial charge in [-0.15, -0.1) is 0 Å². The molecule has 0 saturated carbocycles. The first-order valence-electron chi connectivity index (χ1n) is 6.41. The van der Waals surface area contributed by atoms with Gasteiger partial charge in [-0.05, 0) is 68.6 Å². The summed E-state index contributed by atoms with van der Waals surface area (Å²) in [6, 6.07) is 8.44. The summed E-state index contributed by atoms with van der Waals surface area (Å²) in [7, 11) is 0. The summed E-state index contributed by atoms with van der Waals surface area (Å²) in [5.41, 5.74) is 1.89. The number of pyridine rings is 1. The van der Waals surface area contributed by atoms with E-state index in [0.717, 1.165) is 33.2 Å². The lowest BCUT2D eigenvalue weighted by molar-refractivity contribution is 0.580. The van der Waals surface area contributed by atoms with Crippen LogP contribution < -0.4 is 5.32 Å². The molecule has 2 aromatic rings. The van der Waals surface area contributed by atoms with Crippen molar-refractivity contribution in [1.82, 2.24) is 10.3 Å². The molecule has 0 amide bonds. The Balaban J connectivity index is 2.38. The highest BCUT2D eigenvalue weighted by atomic mass is 79.9. The van der Waals surface area contributed by atoms with E-state index in [1.54, 1.807) is 18.3 Å². The van der Waals surface area contributed by atoms with Crippen LogP contribution in [0, 0.1) is 5.82 Å². The van der Waals surface area contributed by atoms with Gasteiger partial charge < -0.3 is 5.32 Å². The Hall–Kier alpha value is -0.780. The Morgan fingerprint density at radius 1 is 1.25 bits per heavy atom. The first kappa shape index (κ1) is 15.6. The number of rotatable bonds is 5. The molecular formula is C15H15Br2FN2. The fraction of sp³-hybridized carbons (Fsp3) is 0.267. The zero-order valence-electron chi connectivity index (χ0n) is 11.0. The summed E-state index contributed by atoms with van der Waals surface area (Å²) in [6.45, 7) is 2.98. The van der Waals surface area contributed by atoms with Gasteiger partial charge in [-0.1, -0.05) is 19.1 Å². The number of benzene rings is 1. The number of nitrogens with zero attached hydrogens (tertiary/aromatic N) is 1. The summed E-state index contributed by atoms with van der Waals surface area (Å²) in [5.74, 6) is -0.231. The van der Waals surface area contributed by atoms with Crippen molar-refractivity contribution in [2.75, 3.05) is 6.54 Å². The molecule has 0 aliphatic rings. The van der Waals surface area contributed by atoms with Crippen LogP contribution in [0.1, 0.15) is 30.6 Å². The lowest BCUT2D eigenvalue weighted by atomic mass is 10.0. The second kappa shape index (κ2) is 7.29. The SMILES string of the molecule is CCCNC(c1ccc(F)cc1)c1ncc(Br)cc1Br. The first-order chi connectivity index (χ1) is 9.61. The van der Waals surface area contributed by atoms with Gasteiger partial charge in [0.05, 0.1) is 11.7 Å². The highest BCUT2D eigenvalue weighted by molar-refractivity contribution is 9.11. The Morgan fingerprint density at radius 2 is 1.95 bits per heavy atom. The van der Waals surface area contributed by atoms with E-state index >= 15 is 0 Å². The van der Waals surface area contributed by atoms with Crippen LogP contribution in [-0.4, -0.2) is 11.5 Å².